The Hall–Kier alpha value is -4.19. The molecule has 1 saturated heterocycles. The number of aromatic nitrogens is 7. The zero-order valence-electron chi connectivity index (χ0n) is 17.8. The van der Waals surface area contributed by atoms with Gasteiger partial charge in [-0.3, -0.25) is 4.79 Å². The fourth-order valence-electron chi connectivity index (χ4n) is 3.79. The van der Waals surface area contributed by atoms with Gasteiger partial charge in [0.05, 0.1) is 17.6 Å². The second kappa shape index (κ2) is 8.30. The fraction of sp³-hybridized carbons (Fsp3) is 0.182. The van der Waals surface area contributed by atoms with Gasteiger partial charge in [0.2, 0.25) is 10.1 Å². The molecule has 1 amide bonds. The Balaban J connectivity index is 1.11. The SMILES string of the molecule is O=C(c1nnn(-c2ccccc2)n1)N1CCN(c2nn3cc(-c4ccc(F)cc4)nc3s2)CC1. The molecule has 0 atom stereocenters. The van der Waals surface area contributed by atoms with Gasteiger partial charge >= 0.3 is 0 Å². The van der Waals surface area contributed by atoms with E-state index in [1.165, 1.54) is 28.3 Å². The molecule has 34 heavy (non-hydrogen) atoms. The summed E-state index contributed by atoms with van der Waals surface area (Å²) in [5, 5.41) is 17.7. The average molecular weight is 476 g/mol. The highest BCUT2D eigenvalue weighted by atomic mass is 32.1. The molecule has 2 aromatic carbocycles. The van der Waals surface area contributed by atoms with Crippen LogP contribution in [0.5, 0.6) is 0 Å². The van der Waals surface area contributed by atoms with Crippen LogP contribution in [-0.2, 0) is 0 Å². The molecule has 5 aromatic rings. The Morgan fingerprint density at radius 3 is 2.44 bits per heavy atom. The summed E-state index contributed by atoms with van der Waals surface area (Å²) in [6, 6.07) is 15.6. The second-order valence-corrected chi connectivity index (χ2v) is 8.70. The van der Waals surface area contributed by atoms with Crippen molar-refractivity contribution < 1.29 is 9.18 Å². The Kier molecular flexibility index (Phi) is 4.99. The summed E-state index contributed by atoms with van der Waals surface area (Å²) in [5.74, 6) is -0.433. The number of tetrazole rings is 1. The van der Waals surface area contributed by atoms with Crippen LogP contribution < -0.4 is 4.90 Å². The molecule has 0 radical (unpaired) electrons. The highest BCUT2D eigenvalue weighted by Gasteiger charge is 2.27. The second-order valence-electron chi connectivity index (χ2n) is 7.76. The largest absolute Gasteiger partial charge is 0.343 e. The first-order valence-electron chi connectivity index (χ1n) is 10.7. The lowest BCUT2D eigenvalue weighted by Crippen LogP contribution is -2.49. The highest BCUT2D eigenvalue weighted by Crippen LogP contribution is 2.27. The number of carbonyl (C=O) groups is 1. The molecule has 1 aliphatic heterocycles. The minimum atomic E-state index is -0.278. The fourth-order valence-corrected chi connectivity index (χ4v) is 4.72. The number of para-hydroxylation sites is 1. The number of hydrogen-bond acceptors (Lipinski definition) is 8. The topological polar surface area (TPSA) is 97.3 Å². The molecule has 0 N–H and O–H groups in total. The Morgan fingerprint density at radius 1 is 0.941 bits per heavy atom. The molecule has 1 aliphatic rings. The first-order chi connectivity index (χ1) is 16.6. The number of nitrogens with zero attached hydrogens (tertiary/aromatic N) is 9. The zero-order valence-corrected chi connectivity index (χ0v) is 18.6. The highest BCUT2D eigenvalue weighted by molar-refractivity contribution is 7.20. The summed E-state index contributed by atoms with van der Waals surface area (Å²) in [6.07, 6.45) is 1.84. The van der Waals surface area contributed by atoms with E-state index in [1.807, 2.05) is 36.5 Å². The molecular formula is C22H18FN9OS. The van der Waals surface area contributed by atoms with Crippen molar-refractivity contribution in [3.8, 4) is 16.9 Å². The zero-order chi connectivity index (χ0) is 23.1. The maximum Gasteiger partial charge on any atom is 0.295 e. The maximum absolute atomic E-state index is 13.2. The number of rotatable bonds is 4. The van der Waals surface area contributed by atoms with Gasteiger partial charge in [0.1, 0.15) is 5.82 Å². The van der Waals surface area contributed by atoms with Crippen molar-refractivity contribution >= 4 is 27.3 Å². The van der Waals surface area contributed by atoms with Crippen molar-refractivity contribution in [3.05, 3.63) is 72.4 Å². The van der Waals surface area contributed by atoms with Gasteiger partial charge in [0.15, 0.2) is 0 Å². The summed E-state index contributed by atoms with van der Waals surface area (Å²) >= 11 is 1.48. The molecule has 4 heterocycles. The average Bonchev–Trinajstić information content (AvgIpc) is 3.60. The van der Waals surface area contributed by atoms with Crippen LogP contribution in [0.25, 0.3) is 21.9 Å². The molecule has 6 rings (SSSR count). The smallest absolute Gasteiger partial charge is 0.295 e. The summed E-state index contributed by atoms with van der Waals surface area (Å²) in [5.41, 5.74) is 2.33. The van der Waals surface area contributed by atoms with Crippen molar-refractivity contribution in [1.29, 1.82) is 0 Å². The van der Waals surface area contributed by atoms with Gasteiger partial charge in [-0.15, -0.1) is 20.1 Å². The van der Waals surface area contributed by atoms with Gasteiger partial charge in [-0.1, -0.05) is 29.5 Å². The summed E-state index contributed by atoms with van der Waals surface area (Å²) in [7, 11) is 0. The van der Waals surface area contributed by atoms with Crippen molar-refractivity contribution in [1.82, 2.24) is 39.7 Å². The number of carbonyl (C=O) groups excluding carboxylic acids is 1. The van der Waals surface area contributed by atoms with Gasteiger partial charge in [0, 0.05) is 31.7 Å². The lowest BCUT2D eigenvalue weighted by molar-refractivity contribution is 0.0734. The van der Waals surface area contributed by atoms with Gasteiger partial charge in [-0.25, -0.2) is 13.9 Å². The van der Waals surface area contributed by atoms with Gasteiger partial charge < -0.3 is 9.80 Å². The molecule has 0 aliphatic carbocycles. The van der Waals surface area contributed by atoms with Crippen molar-refractivity contribution in [2.45, 2.75) is 0 Å². The van der Waals surface area contributed by atoms with Crippen LogP contribution in [0.1, 0.15) is 10.6 Å². The predicted molar refractivity (Wildman–Crippen MR) is 124 cm³/mol. The van der Waals surface area contributed by atoms with E-state index in [1.54, 1.807) is 21.5 Å². The third-order valence-electron chi connectivity index (χ3n) is 5.60. The molecule has 0 unspecified atom stereocenters. The number of fused-ring (bicyclic) bond motifs is 1. The third kappa shape index (κ3) is 3.77. The first-order valence-corrected chi connectivity index (χ1v) is 11.5. The van der Waals surface area contributed by atoms with Gasteiger partial charge in [-0.2, -0.15) is 0 Å². The number of halogens is 1. The predicted octanol–water partition coefficient (Wildman–Crippen LogP) is 2.54. The van der Waals surface area contributed by atoms with Crippen molar-refractivity contribution in [3.63, 3.8) is 0 Å². The third-order valence-corrected chi connectivity index (χ3v) is 6.59. The molecule has 3 aromatic heterocycles. The summed E-state index contributed by atoms with van der Waals surface area (Å²) < 4.78 is 14.9. The van der Waals surface area contributed by atoms with Crippen LogP contribution in [0.2, 0.25) is 0 Å². The molecule has 10 nitrogen and oxygen atoms in total. The minimum Gasteiger partial charge on any atom is -0.343 e. The van der Waals surface area contributed by atoms with E-state index in [0.29, 0.717) is 26.2 Å². The maximum atomic E-state index is 13.2. The number of anilines is 1. The number of hydrogen-bond donors (Lipinski definition) is 0. The Bertz CT molecular complexity index is 1420. The number of imidazole rings is 1. The van der Waals surface area contributed by atoms with Gasteiger partial charge in [-0.05, 0) is 41.6 Å². The van der Waals surface area contributed by atoms with Crippen molar-refractivity contribution in [2.75, 3.05) is 31.1 Å². The summed E-state index contributed by atoms with van der Waals surface area (Å²) in [4.78, 5) is 23.5. The van der Waals surface area contributed by atoms with E-state index in [4.69, 9.17) is 0 Å². The molecule has 170 valence electrons. The lowest BCUT2D eigenvalue weighted by Gasteiger charge is -2.33. The van der Waals surface area contributed by atoms with Crippen LogP contribution in [0.3, 0.4) is 0 Å². The Labute approximate surface area is 196 Å². The number of amides is 1. The molecule has 12 heteroatoms. The quantitative estimate of drug-likeness (QED) is 0.394. The van der Waals surface area contributed by atoms with Crippen LogP contribution >= 0.6 is 11.3 Å². The van der Waals surface area contributed by atoms with E-state index in [0.717, 1.165) is 27.0 Å². The van der Waals surface area contributed by atoms with Crippen LogP contribution in [0, 0.1) is 5.82 Å². The summed E-state index contributed by atoms with van der Waals surface area (Å²) in [6.45, 7) is 2.34. The van der Waals surface area contributed by atoms with Crippen LogP contribution in [-0.4, -0.2) is 71.8 Å². The van der Waals surface area contributed by atoms with E-state index in [9.17, 15) is 9.18 Å². The Morgan fingerprint density at radius 2 is 1.71 bits per heavy atom. The number of piperazine rings is 1. The normalized spacial score (nSPS) is 14.1. The van der Waals surface area contributed by atoms with E-state index < -0.39 is 0 Å². The minimum absolute atomic E-state index is 0.0818. The first kappa shape index (κ1) is 20.4. The standard InChI is InChI=1S/C22H18FN9OS/c23-16-8-6-15(7-9-16)18-14-31-21(24-18)34-22(27-31)30-12-10-29(11-13-30)20(33)19-25-28-32(26-19)17-4-2-1-3-5-17/h1-9,14H,10-13H2. The van der Waals surface area contributed by atoms with Crippen molar-refractivity contribution in [2.24, 2.45) is 0 Å². The van der Waals surface area contributed by atoms with Gasteiger partial charge in [0.25, 0.3) is 11.7 Å². The van der Waals surface area contributed by atoms with Crippen LogP contribution in [0.4, 0.5) is 9.52 Å². The molecule has 0 bridgehead atoms. The van der Waals surface area contributed by atoms with E-state index in [2.05, 4.69) is 30.4 Å². The molecular weight excluding hydrogens is 457 g/mol. The molecule has 0 spiro atoms. The molecule has 1 fully saturated rings. The number of benzene rings is 2. The monoisotopic (exact) mass is 475 g/mol. The van der Waals surface area contributed by atoms with E-state index >= 15 is 0 Å². The van der Waals surface area contributed by atoms with E-state index in [-0.39, 0.29) is 17.5 Å². The lowest BCUT2D eigenvalue weighted by atomic mass is 10.2. The van der Waals surface area contributed by atoms with Crippen LogP contribution in [0.15, 0.2) is 60.8 Å². The molecule has 0 saturated carbocycles.